The Morgan fingerprint density at radius 2 is 1.74 bits per heavy atom. The van der Waals surface area contributed by atoms with E-state index in [0.29, 0.717) is 25.3 Å². The Labute approximate surface area is 114 Å². The minimum Gasteiger partial charge on any atom is -0.388 e. The first-order valence-electron chi connectivity index (χ1n) is 7.00. The lowest BCUT2D eigenvalue weighted by Gasteiger charge is -2.26. The van der Waals surface area contributed by atoms with Crippen molar-refractivity contribution in [2.24, 2.45) is 4.99 Å². The van der Waals surface area contributed by atoms with Crippen molar-refractivity contribution in [1.29, 1.82) is 0 Å². The average molecular weight is 279 g/mol. The van der Waals surface area contributed by atoms with Gasteiger partial charge in [0, 0.05) is 6.54 Å². The first-order valence-corrected chi connectivity index (χ1v) is 7.00. The summed E-state index contributed by atoms with van der Waals surface area (Å²) in [6.45, 7) is 6.26. The third kappa shape index (κ3) is 8.75. The van der Waals surface area contributed by atoms with E-state index in [4.69, 9.17) is 0 Å². The highest BCUT2D eigenvalue weighted by Crippen LogP contribution is 2.19. The van der Waals surface area contributed by atoms with Crippen molar-refractivity contribution < 1.29 is 13.9 Å². The fourth-order valence-electron chi connectivity index (χ4n) is 1.96. The molecule has 0 aliphatic carbocycles. The molecule has 3 N–H and O–H groups in total. The highest BCUT2D eigenvalue weighted by atomic mass is 19.3. The number of aliphatic hydroxyl groups is 1. The SMILES string of the molecule is CCCC(O)(CCC)CN=C(NCC)NCC(F)F. The van der Waals surface area contributed by atoms with E-state index >= 15 is 0 Å². The van der Waals surface area contributed by atoms with Gasteiger partial charge in [0.25, 0.3) is 6.43 Å². The predicted octanol–water partition coefficient (Wildman–Crippen LogP) is 2.14. The van der Waals surface area contributed by atoms with Gasteiger partial charge < -0.3 is 15.7 Å². The molecule has 0 radical (unpaired) electrons. The number of hydrogen-bond acceptors (Lipinski definition) is 2. The maximum Gasteiger partial charge on any atom is 0.255 e. The Kier molecular flexibility index (Phi) is 9.47. The van der Waals surface area contributed by atoms with Crippen molar-refractivity contribution >= 4 is 5.96 Å². The van der Waals surface area contributed by atoms with E-state index in [1.54, 1.807) is 0 Å². The number of halogens is 2. The van der Waals surface area contributed by atoms with E-state index < -0.39 is 18.6 Å². The van der Waals surface area contributed by atoms with Gasteiger partial charge in [-0.3, -0.25) is 4.99 Å². The smallest absolute Gasteiger partial charge is 0.255 e. The zero-order chi connectivity index (χ0) is 14.7. The summed E-state index contributed by atoms with van der Waals surface area (Å²) in [4.78, 5) is 4.21. The molecule has 0 aliphatic rings. The van der Waals surface area contributed by atoms with Gasteiger partial charge >= 0.3 is 0 Å². The van der Waals surface area contributed by atoms with Gasteiger partial charge in [0.2, 0.25) is 0 Å². The fraction of sp³-hybridized carbons (Fsp3) is 0.923. The number of nitrogens with zero attached hydrogens (tertiary/aromatic N) is 1. The van der Waals surface area contributed by atoms with Crippen LogP contribution in [0.4, 0.5) is 8.78 Å². The second-order valence-corrected chi connectivity index (χ2v) is 4.69. The molecule has 4 nitrogen and oxygen atoms in total. The number of rotatable bonds is 9. The summed E-state index contributed by atoms with van der Waals surface area (Å²) >= 11 is 0. The summed E-state index contributed by atoms with van der Waals surface area (Å²) in [5.41, 5.74) is -0.837. The molecule has 6 heteroatoms. The summed E-state index contributed by atoms with van der Waals surface area (Å²) in [5, 5.41) is 15.8. The first-order chi connectivity index (χ1) is 8.97. The Bertz CT molecular complexity index is 254. The maximum absolute atomic E-state index is 12.2. The van der Waals surface area contributed by atoms with Gasteiger partial charge in [0.1, 0.15) is 0 Å². The molecule has 0 aromatic carbocycles. The van der Waals surface area contributed by atoms with Gasteiger partial charge in [0.05, 0.1) is 18.7 Å². The summed E-state index contributed by atoms with van der Waals surface area (Å²) in [5.74, 6) is 0.327. The molecular weight excluding hydrogens is 252 g/mol. The Morgan fingerprint density at radius 3 is 2.16 bits per heavy atom. The molecule has 0 unspecified atom stereocenters. The van der Waals surface area contributed by atoms with Crippen LogP contribution in [0.2, 0.25) is 0 Å². The van der Waals surface area contributed by atoms with E-state index in [2.05, 4.69) is 15.6 Å². The van der Waals surface area contributed by atoms with Crippen LogP contribution in [0, 0.1) is 0 Å². The second-order valence-electron chi connectivity index (χ2n) is 4.69. The van der Waals surface area contributed by atoms with E-state index in [0.717, 1.165) is 12.8 Å². The van der Waals surface area contributed by atoms with Crippen LogP contribution < -0.4 is 10.6 Å². The quantitative estimate of drug-likeness (QED) is 0.448. The Balaban J connectivity index is 4.53. The van der Waals surface area contributed by atoms with Crippen LogP contribution in [0.15, 0.2) is 4.99 Å². The maximum atomic E-state index is 12.2. The van der Waals surface area contributed by atoms with E-state index in [1.165, 1.54) is 0 Å². The van der Waals surface area contributed by atoms with Crippen LogP contribution in [0.5, 0.6) is 0 Å². The number of alkyl halides is 2. The number of aliphatic imine (C=N–C) groups is 1. The summed E-state index contributed by atoms with van der Waals surface area (Å²) in [6, 6.07) is 0. The highest BCUT2D eigenvalue weighted by molar-refractivity contribution is 5.79. The number of nitrogens with one attached hydrogen (secondary N) is 2. The Hall–Kier alpha value is -0.910. The standard InChI is InChI=1S/C13H27F2N3O/c1-4-7-13(19,8-5-2)10-18-12(16-6-3)17-9-11(14)15/h11,19H,4-10H2,1-3H3,(H2,16,17,18). The molecule has 19 heavy (non-hydrogen) atoms. The summed E-state index contributed by atoms with van der Waals surface area (Å²) in [7, 11) is 0. The molecule has 0 amide bonds. The van der Waals surface area contributed by atoms with Crippen LogP contribution >= 0.6 is 0 Å². The first kappa shape index (κ1) is 18.1. The topological polar surface area (TPSA) is 56.7 Å². The van der Waals surface area contributed by atoms with Crippen LogP contribution in [0.3, 0.4) is 0 Å². The van der Waals surface area contributed by atoms with Gasteiger partial charge in [-0.05, 0) is 19.8 Å². The van der Waals surface area contributed by atoms with Crippen molar-refractivity contribution in [3.8, 4) is 0 Å². The van der Waals surface area contributed by atoms with Crippen molar-refractivity contribution in [2.75, 3.05) is 19.6 Å². The molecule has 0 spiro atoms. The molecule has 0 saturated heterocycles. The zero-order valence-electron chi connectivity index (χ0n) is 12.2. The predicted molar refractivity (Wildman–Crippen MR) is 74.8 cm³/mol. The molecule has 0 aromatic heterocycles. The lowest BCUT2D eigenvalue weighted by molar-refractivity contribution is 0.0306. The normalized spacial score (nSPS) is 12.9. The minimum absolute atomic E-state index is 0.229. The number of guanidine groups is 1. The summed E-state index contributed by atoms with van der Waals surface area (Å²) in [6.07, 6.45) is 0.644. The summed E-state index contributed by atoms with van der Waals surface area (Å²) < 4.78 is 24.3. The van der Waals surface area contributed by atoms with Crippen molar-refractivity contribution in [2.45, 2.75) is 58.5 Å². The zero-order valence-corrected chi connectivity index (χ0v) is 12.2. The molecule has 0 aromatic rings. The Morgan fingerprint density at radius 1 is 1.16 bits per heavy atom. The lowest BCUT2D eigenvalue weighted by Crippen LogP contribution is -2.41. The van der Waals surface area contributed by atoms with Crippen molar-refractivity contribution in [1.82, 2.24) is 10.6 Å². The van der Waals surface area contributed by atoms with Crippen LogP contribution in [0.1, 0.15) is 46.5 Å². The van der Waals surface area contributed by atoms with Crippen LogP contribution in [0.25, 0.3) is 0 Å². The second kappa shape index (κ2) is 9.95. The molecule has 0 aliphatic heterocycles. The average Bonchev–Trinajstić information content (AvgIpc) is 2.33. The van der Waals surface area contributed by atoms with E-state index in [1.807, 2.05) is 20.8 Å². The molecular formula is C13H27F2N3O. The molecule has 0 fully saturated rings. The van der Waals surface area contributed by atoms with Gasteiger partial charge in [-0.2, -0.15) is 0 Å². The molecule has 0 bridgehead atoms. The third-order valence-electron chi connectivity index (χ3n) is 2.73. The monoisotopic (exact) mass is 279 g/mol. The molecule has 0 atom stereocenters. The lowest BCUT2D eigenvalue weighted by atomic mass is 9.93. The van der Waals surface area contributed by atoms with Crippen molar-refractivity contribution in [3.63, 3.8) is 0 Å². The van der Waals surface area contributed by atoms with Gasteiger partial charge in [-0.15, -0.1) is 0 Å². The minimum atomic E-state index is -2.42. The van der Waals surface area contributed by atoms with E-state index in [9.17, 15) is 13.9 Å². The van der Waals surface area contributed by atoms with Crippen molar-refractivity contribution in [3.05, 3.63) is 0 Å². The largest absolute Gasteiger partial charge is 0.388 e. The molecule has 0 heterocycles. The van der Waals surface area contributed by atoms with Gasteiger partial charge in [-0.25, -0.2) is 8.78 Å². The number of hydrogen-bond donors (Lipinski definition) is 3. The molecule has 0 rings (SSSR count). The van der Waals surface area contributed by atoms with Crippen LogP contribution in [-0.4, -0.2) is 42.7 Å². The van der Waals surface area contributed by atoms with E-state index in [-0.39, 0.29) is 6.54 Å². The van der Waals surface area contributed by atoms with Crippen LogP contribution in [-0.2, 0) is 0 Å². The van der Waals surface area contributed by atoms with Gasteiger partial charge in [0.15, 0.2) is 5.96 Å². The molecule has 0 saturated carbocycles. The fourth-order valence-corrected chi connectivity index (χ4v) is 1.96. The molecule has 114 valence electrons. The third-order valence-corrected chi connectivity index (χ3v) is 2.73. The van der Waals surface area contributed by atoms with Gasteiger partial charge in [-0.1, -0.05) is 26.7 Å². The highest BCUT2D eigenvalue weighted by Gasteiger charge is 2.24.